The molecule has 1 aliphatic carbocycles. The predicted molar refractivity (Wildman–Crippen MR) is 99.8 cm³/mol. The molecule has 4 rings (SSSR count). The molecule has 0 bridgehead atoms. The lowest BCUT2D eigenvalue weighted by Gasteiger charge is -2.30. The van der Waals surface area contributed by atoms with Crippen molar-refractivity contribution in [2.45, 2.75) is 44.7 Å². The summed E-state index contributed by atoms with van der Waals surface area (Å²) in [6, 6.07) is 6.83. The van der Waals surface area contributed by atoms with Gasteiger partial charge in [-0.25, -0.2) is 9.97 Å². The standard InChI is InChI=1S/C18H21N5OS/c1-11-15(25-18(19)21-11)17(24)22-13-4-6-14(7-5-13)23-10-8-12-3-2-9-20-16(12)23/h2-3,8-10,13-14H,4-7H2,1H3,(H2,19,21)(H,22,24). The Labute approximate surface area is 150 Å². The Morgan fingerprint density at radius 2 is 2.12 bits per heavy atom. The summed E-state index contributed by atoms with van der Waals surface area (Å²) < 4.78 is 2.28. The number of fused-ring (bicyclic) bond motifs is 1. The largest absolute Gasteiger partial charge is 0.375 e. The van der Waals surface area contributed by atoms with Gasteiger partial charge in [-0.15, -0.1) is 0 Å². The molecule has 3 N–H and O–H groups in total. The molecule has 25 heavy (non-hydrogen) atoms. The summed E-state index contributed by atoms with van der Waals surface area (Å²) in [6.45, 7) is 1.82. The lowest BCUT2D eigenvalue weighted by molar-refractivity contribution is 0.0926. The Bertz CT molecular complexity index is 907. The van der Waals surface area contributed by atoms with Gasteiger partial charge >= 0.3 is 0 Å². The number of carbonyl (C=O) groups is 1. The average molecular weight is 355 g/mol. The summed E-state index contributed by atoms with van der Waals surface area (Å²) in [4.78, 5) is 21.7. The highest BCUT2D eigenvalue weighted by Crippen LogP contribution is 2.31. The van der Waals surface area contributed by atoms with Gasteiger partial charge < -0.3 is 15.6 Å². The predicted octanol–water partition coefficient (Wildman–Crippen LogP) is 3.30. The van der Waals surface area contributed by atoms with Gasteiger partial charge in [-0.2, -0.15) is 0 Å². The minimum absolute atomic E-state index is 0.0526. The molecular weight excluding hydrogens is 334 g/mol. The molecule has 0 aromatic carbocycles. The molecule has 0 aliphatic heterocycles. The number of nitrogens with zero attached hydrogens (tertiary/aromatic N) is 3. The lowest BCUT2D eigenvalue weighted by atomic mass is 9.91. The van der Waals surface area contributed by atoms with Crippen LogP contribution in [0.2, 0.25) is 0 Å². The molecule has 3 aromatic rings. The molecular formula is C18H21N5OS. The molecule has 3 heterocycles. The summed E-state index contributed by atoms with van der Waals surface area (Å²) in [5.41, 5.74) is 7.44. The highest BCUT2D eigenvalue weighted by Gasteiger charge is 2.25. The van der Waals surface area contributed by atoms with Crippen LogP contribution < -0.4 is 11.1 Å². The second-order valence-electron chi connectivity index (χ2n) is 6.58. The van der Waals surface area contributed by atoms with Crippen molar-refractivity contribution in [3.05, 3.63) is 41.2 Å². The minimum Gasteiger partial charge on any atom is -0.375 e. The molecule has 1 saturated carbocycles. The summed E-state index contributed by atoms with van der Waals surface area (Å²) in [6.07, 6.45) is 7.98. The molecule has 0 saturated heterocycles. The molecule has 7 heteroatoms. The van der Waals surface area contributed by atoms with Crippen molar-refractivity contribution >= 4 is 33.4 Å². The molecule has 0 radical (unpaired) electrons. The van der Waals surface area contributed by atoms with Crippen LogP contribution in [0, 0.1) is 6.92 Å². The van der Waals surface area contributed by atoms with Crippen molar-refractivity contribution in [3.63, 3.8) is 0 Å². The maximum absolute atomic E-state index is 12.4. The van der Waals surface area contributed by atoms with Crippen LogP contribution in [0.5, 0.6) is 0 Å². The zero-order chi connectivity index (χ0) is 17.4. The first kappa shape index (κ1) is 16.1. The van der Waals surface area contributed by atoms with Gasteiger partial charge in [0.2, 0.25) is 0 Å². The molecule has 6 nitrogen and oxygen atoms in total. The van der Waals surface area contributed by atoms with Crippen LogP contribution in [-0.4, -0.2) is 26.5 Å². The first-order valence-corrected chi connectivity index (χ1v) is 9.39. The fourth-order valence-corrected chi connectivity index (χ4v) is 4.40. The second-order valence-corrected chi connectivity index (χ2v) is 7.62. The molecule has 1 amide bonds. The van der Waals surface area contributed by atoms with E-state index in [1.54, 1.807) is 0 Å². The number of nitrogens with two attached hydrogens (primary N) is 1. The van der Waals surface area contributed by atoms with Gasteiger partial charge in [0.15, 0.2) is 5.13 Å². The molecule has 0 unspecified atom stereocenters. The Kier molecular flexibility index (Phi) is 4.17. The Morgan fingerprint density at radius 3 is 2.84 bits per heavy atom. The highest BCUT2D eigenvalue weighted by molar-refractivity contribution is 7.17. The van der Waals surface area contributed by atoms with Crippen molar-refractivity contribution in [2.24, 2.45) is 0 Å². The molecule has 130 valence electrons. The number of amides is 1. The third-order valence-electron chi connectivity index (χ3n) is 4.92. The number of nitrogen functional groups attached to an aromatic ring is 1. The van der Waals surface area contributed by atoms with Crippen molar-refractivity contribution in [2.75, 3.05) is 5.73 Å². The molecule has 3 aromatic heterocycles. The van der Waals surface area contributed by atoms with E-state index in [9.17, 15) is 4.79 Å². The maximum atomic E-state index is 12.4. The van der Waals surface area contributed by atoms with Gasteiger partial charge in [-0.3, -0.25) is 4.79 Å². The normalized spacial score (nSPS) is 20.7. The topological polar surface area (TPSA) is 85.8 Å². The monoisotopic (exact) mass is 355 g/mol. The van der Waals surface area contributed by atoms with Crippen LogP contribution in [0.15, 0.2) is 30.6 Å². The number of aromatic nitrogens is 3. The first-order chi connectivity index (χ1) is 12.1. The van der Waals surface area contributed by atoms with Crippen molar-refractivity contribution in [1.29, 1.82) is 0 Å². The SMILES string of the molecule is Cc1nc(N)sc1C(=O)NC1CCC(n2ccc3cccnc32)CC1. The number of thiazole rings is 1. The minimum atomic E-state index is -0.0526. The number of pyridine rings is 1. The number of rotatable bonds is 3. The van der Waals surface area contributed by atoms with Crippen LogP contribution in [0.4, 0.5) is 5.13 Å². The van der Waals surface area contributed by atoms with Gasteiger partial charge in [0.05, 0.1) is 5.69 Å². The summed E-state index contributed by atoms with van der Waals surface area (Å²) in [5, 5.41) is 4.76. The van der Waals surface area contributed by atoms with Gasteiger partial charge in [0, 0.05) is 29.9 Å². The van der Waals surface area contributed by atoms with E-state index in [1.807, 2.05) is 19.2 Å². The van der Waals surface area contributed by atoms with Gasteiger partial charge in [0.25, 0.3) is 5.91 Å². The quantitative estimate of drug-likeness (QED) is 0.755. The van der Waals surface area contributed by atoms with Crippen molar-refractivity contribution < 1.29 is 4.79 Å². The average Bonchev–Trinajstić information content (AvgIpc) is 3.18. The fraction of sp³-hybridized carbons (Fsp3) is 0.389. The molecule has 1 aliphatic rings. The van der Waals surface area contributed by atoms with E-state index in [4.69, 9.17) is 5.73 Å². The van der Waals surface area contributed by atoms with Gasteiger partial charge in [-0.1, -0.05) is 11.3 Å². The Morgan fingerprint density at radius 1 is 1.32 bits per heavy atom. The van der Waals surface area contributed by atoms with E-state index in [0.717, 1.165) is 31.3 Å². The van der Waals surface area contributed by atoms with E-state index in [0.29, 0.717) is 21.7 Å². The number of nitrogens with one attached hydrogen (secondary N) is 1. The van der Waals surface area contributed by atoms with Gasteiger partial charge in [-0.05, 0) is 50.8 Å². The van der Waals surface area contributed by atoms with E-state index in [-0.39, 0.29) is 11.9 Å². The van der Waals surface area contributed by atoms with Crippen LogP contribution >= 0.6 is 11.3 Å². The third-order valence-corrected chi connectivity index (χ3v) is 5.91. The second kappa shape index (κ2) is 6.48. The van der Waals surface area contributed by atoms with Crippen LogP contribution in [0.1, 0.15) is 47.1 Å². The van der Waals surface area contributed by atoms with Crippen molar-refractivity contribution in [3.8, 4) is 0 Å². The summed E-state index contributed by atoms with van der Waals surface area (Å²) in [5.74, 6) is -0.0526. The van der Waals surface area contributed by atoms with E-state index in [2.05, 4.69) is 38.2 Å². The number of hydrogen-bond acceptors (Lipinski definition) is 5. The third kappa shape index (κ3) is 3.11. The summed E-state index contributed by atoms with van der Waals surface area (Å²) >= 11 is 1.25. The summed E-state index contributed by atoms with van der Waals surface area (Å²) in [7, 11) is 0. The molecule has 0 atom stereocenters. The number of anilines is 1. The van der Waals surface area contributed by atoms with E-state index < -0.39 is 0 Å². The van der Waals surface area contributed by atoms with Crippen LogP contribution in [0.3, 0.4) is 0 Å². The van der Waals surface area contributed by atoms with Crippen LogP contribution in [0.25, 0.3) is 11.0 Å². The van der Waals surface area contributed by atoms with Crippen molar-refractivity contribution in [1.82, 2.24) is 19.9 Å². The maximum Gasteiger partial charge on any atom is 0.263 e. The van der Waals surface area contributed by atoms with E-state index in [1.165, 1.54) is 16.7 Å². The van der Waals surface area contributed by atoms with Crippen LogP contribution in [-0.2, 0) is 0 Å². The molecule has 1 fully saturated rings. The number of hydrogen-bond donors (Lipinski definition) is 2. The zero-order valence-corrected chi connectivity index (χ0v) is 14.9. The zero-order valence-electron chi connectivity index (χ0n) is 14.1. The fourth-order valence-electron chi connectivity index (χ4n) is 3.66. The highest BCUT2D eigenvalue weighted by atomic mass is 32.1. The lowest BCUT2D eigenvalue weighted by Crippen LogP contribution is -2.37. The first-order valence-electron chi connectivity index (χ1n) is 8.57. The smallest absolute Gasteiger partial charge is 0.263 e. The Hall–Kier alpha value is -2.41. The van der Waals surface area contributed by atoms with E-state index >= 15 is 0 Å². The Balaban J connectivity index is 1.40. The number of aryl methyl sites for hydroxylation is 1. The molecule has 0 spiro atoms. The van der Waals surface area contributed by atoms with Gasteiger partial charge in [0.1, 0.15) is 10.5 Å². The number of carbonyl (C=O) groups excluding carboxylic acids is 1.